The van der Waals surface area contributed by atoms with Gasteiger partial charge in [0.25, 0.3) is 0 Å². The summed E-state index contributed by atoms with van der Waals surface area (Å²) in [6.45, 7) is 4.45. The third kappa shape index (κ3) is 78.5. The Hall–Kier alpha value is -5.58. The highest BCUT2D eigenvalue weighted by Gasteiger charge is 2.30. The highest BCUT2D eigenvalue weighted by molar-refractivity contribution is 7.47. The summed E-state index contributed by atoms with van der Waals surface area (Å²) in [7, 11) is -10.0. The van der Waals surface area contributed by atoms with E-state index in [2.05, 4.69) is 161 Å². The van der Waals surface area contributed by atoms with Gasteiger partial charge in [-0.25, -0.2) is 9.13 Å². The number of hydrogen-bond donors (Lipinski definition) is 3. The molecule has 0 amide bonds. The second-order valence-corrected chi connectivity index (χ2v) is 29.8. The molecule has 5 atom stereocenters. The Morgan fingerprint density at radius 2 is 0.500 bits per heavy atom. The zero-order valence-corrected chi connectivity index (χ0v) is 69.0. The number of aliphatic hydroxyl groups is 1. The number of ether oxygens (including phenoxy) is 4. The van der Waals surface area contributed by atoms with Gasteiger partial charge in [-0.05, 0) is 154 Å². The van der Waals surface area contributed by atoms with Gasteiger partial charge in [0.05, 0.1) is 26.4 Å². The van der Waals surface area contributed by atoms with Crippen molar-refractivity contribution >= 4 is 39.5 Å². The summed E-state index contributed by atoms with van der Waals surface area (Å²) in [5.41, 5.74) is 0. The number of phosphoric acid groups is 2. The number of carbonyl (C=O) groups excluding carboxylic acids is 4. The zero-order valence-electron chi connectivity index (χ0n) is 67.2. The number of esters is 4. The van der Waals surface area contributed by atoms with Gasteiger partial charge in [-0.15, -0.1) is 0 Å². The molecule has 0 aromatic carbocycles. The lowest BCUT2D eigenvalue weighted by Gasteiger charge is -2.21. The topological polar surface area (TPSA) is 237 Å². The number of aliphatic hydroxyl groups excluding tert-OH is 1. The van der Waals surface area contributed by atoms with Crippen LogP contribution in [0.1, 0.15) is 310 Å². The van der Waals surface area contributed by atoms with Crippen molar-refractivity contribution in [1.82, 2.24) is 0 Å². The minimum Gasteiger partial charge on any atom is -0.462 e. The molecule has 0 aromatic heterocycles. The van der Waals surface area contributed by atoms with Gasteiger partial charge < -0.3 is 33.8 Å². The first-order chi connectivity index (χ1) is 52.7. The normalized spacial score (nSPS) is 14.7. The second-order valence-electron chi connectivity index (χ2n) is 26.9. The van der Waals surface area contributed by atoms with Crippen molar-refractivity contribution in [2.45, 2.75) is 329 Å². The summed E-state index contributed by atoms with van der Waals surface area (Å²) in [6.07, 6.45) is 95.0. The van der Waals surface area contributed by atoms with Crippen molar-refractivity contribution in [3.8, 4) is 0 Å². The van der Waals surface area contributed by atoms with Crippen LogP contribution in [0.5, 0.6) is 0 Å². The quantitative estimate of drug-likeness (QED) is 0.0169. The van der Waals surface area contributed by atoms with Gasteiger partial charge in [0.1, 0.15) is 19.3 Å². The fraction of sp³-hybridized carbons (Fsp3) is 0.640. The Labute approximate surface area is 654 Å². The first-order valence-electron chi connectivity index (χ1n) is 41.4. The van der Waals surface area contributed by atoms with Crippen molar-refractivity contribution in [3.05, 3.63) is 170 Å². The molecule has 0 spiro atoms. The molecule has 0 aliphatic carbocycles. The van der Waals surface area contributed by atoms with Gasteiger partial charge in [-0.1, -0.05) is 301 Å². The van der Waals surface area contributed by atoms with Crippen molar-refractivity contribution in [1.29, 1.82) is 0 Å². The molecule has 0 radical (unpaired) electrons. The van der Waals surface area contributed by atoms with E-state index in [0.29, 0.717) is 38.5 Å². The van der Waals surface area contributed by atoms with Gasteiger partial charge in [0, 0.05) is 25.7 Å². The van der Waals surface area contributed by atoms with Gasteiger partial charge in [0.2, 0.25) is 0 Å². The van der Waals surface area contributed by atoms with Crippen LogP contribution < -0.4 is 0 Å². The van der Waals surface area contributed by atoms with Crippen LogP contribution in [-0.4, -0.2) is 96.7 Å². The zero-order chi connectivity index (χ0) is 78.9. The smallest absolute Gasteiger partial charge is 0.462 e. The van der Waals surface area contributed by atoms with E-state index in [0.717, 1.165) is 154 Å². The number of hydrogen-bond acceptors (Lipinski definition) is 15. The van der Waals surface area contributed by atoms with E-state index in [9.17, 15) is 43.2 Å². The molecule has 2 unspecified atom stereocenters. The predicted octanol–water partition coefficient (Wildman–Crippen LogP) is 24.6. The highest BCUT2D eigenvalue weighted by atomic mass is 31.2. The van der Waals surface area contributed by atoms with E-state index in [1.54, 1.807) is 0 Å². The summed E-state index contributed by atoms with van der Waals surface area (Å²) in [5, 5.41) is 10.7. The first-order valence-corrected chi connectivity index (χ1v) is 44.4. The molecule has 0 rings (SSSR count). The fourth-order valence-electron chi connectivity index (χ4n) is 10.4. The summed E-state index contributed by atoms with van der Waals surface area (Å²) in [6, 6.07) is 0. The number of unbranched alkanes of at least 4 members (excludes halogenated alkanes) is 22. The summed E-state index contributed by atoms with van der Waals surface area (Å²) in [5.74, 6) is -2.39. The SMILES string of the molecule is CC/C=C\C/C=C\C/C=C\C/C=C\C/C=C\C/C=C\CCC(=O)OC[C@H](COP(=O)(O)OC[C@@H](O)COP(=O)(O)OC[C@@H](COC(=O)CCCCCCCCC/C=C\CCCCCC)OC(=O)CCCCCCCCC/C=C\CCCCCC)OC(=O)CC/C=C\C/C=C\C/C=C\C/C=C\C/C=C\C/C=C\CC. The highest BCUT2D eigenvalue weighted by Crippen LogP contribution is 2.45. The van der Waals surface area contributed by atoms with Crippen molar-refractivity contribution in [2.75, 3.05) is 39.6 Å². The molecule has 0 aromatic rings. The largest absolute Gasteiger partial charge is 0.472 e. The monoisotopic (exact) mass is 1550 g/mol. The van der Waals surface area contributed by atoms with E-state index < -0.39 is 97.5 Å². The van der Waals surface area contributed by atoms with E-state index >= 15 is 0 Å². The van der Waals surface area contributed by atoms with Crippen LogP contribution in [0.2, 0.25) is 0 Å². The summed E-state index contributed by atoms with van der Waals surface area (Å²) in [4.78, 5) is 73.1. The van der Waals surface area contributed by atoms with Crippen molar-refractivity contribution in [2.24, 2.45) is 0 Å². The number of allylic oxidation sites excluding steroid dienone is 28. The predicted molar refractivity (Wildman–Crippen MR) is 445 cm³/mol. The maximum Gasteiger partial charge on any atom is 0.472 e. The average molecular weight is 1550 g/mol. The Balaban J connectivity index is 5.53. The minimum atomic E-state index is -5.02. The number of phosphoric ester groups is 2. The average Bonchev–Trinajstić information content (AvgIpc) is 0.896. The van der Waals surface area contributed by atoms with Crippen LogP contribution in [0.4, 0.5) is 0 Å². The number of carbonyl (C=O) groups is 4. The molecule has 0 saturated heterocycles. The molecule has 108 heavy (non-hydrogen) atoms. The van der Waals surface area contributed by atoms with E-state index in [1.165, 1.54) is 64.2 Å². The second kappa shape index (κ2) is 79.5. The molecule has 0 aliphatic heterocycles. The van der Waals surface area contributed by atoms with Crippen molar-refractivity contribution in [3.63, 3.8) is 0 Å². The van der Waals surface area contributed by atoms with Crippen LogP contribution in [-0.2, 0) is 65.4 Å². The van der Waals surface area contributed by atoms with Gasteiger partial charge in [-0.3, -0.25) is 37.3 Å². The van der Waals surface area contributed by atoms with Crippen LogP contribution in [0, 0.1) is 0 Å². The molecule has 19 heteroatoms. The lowest BCUT2D eigenvalue weighted by Crippen LogP contribution is -2.30. The fourth-order valence-corrected chi connectivity index (χ4v) is 12.0. The summed E-state index contributed by atoms with van der Waals surface area (Å²) >= 11 is 0. The lowest BCUT2D eigenvalue weighted by atomic mass is 10.1. The third-order valence-corrected chi connectivity index (χ3v) is 18.6. The first kappa shape index (κ1) is 102. The Kier molecular flexibility index (Phi) is 75.4. The van der Waals surface area contributed by atoms with Gasteiger partial charge >= 0.3 is 39.5 Å². The molecular formula is C89H146O17P2. The van der Waals surface area contributed by atoms with Crippen LogP contribution in [0.25, 0.3) is 0 Å². The number of rotatable bonds is 76. The maximum atomic E-state index is 13.1. The Morgan fingerprint density at radius 3 is 0.815 bits per heavy atom. The molecule has 0 fully saturated rings. The van der Waals surface area contributed by atoms with E-state index in [1.807, 2.05) is 36.5 Å². The molecule has 0 saturated carbocycles. The van der Waals surface area contributed by atoms with Gasteiger partial charge in [-0.2, -0.15) is 0 Å². The van der Waals surface area contributed by atoms with Gasteiger partial charge in [0.15, 0.2) is 12.2 Å². The lowest BCUT2D eigenvalue weighted by molar-refractivity contribution is -0.161. The third-order valence-electron chi connectivity index (χ3n) is 16.7. The van der Waals surface area contributed by atoms with E-state index in [4.69, 9.17) is 37.0 Å². The van der Waals surface area contributed by atoms with Crippen LogP contribution in [0.3, 0.4) is 0 Å². The van der Waals surface area contributed by atoms with Crippen molar-refractivity contribution < 1.29 is 80.2 Å². The Bertz CT molecular complexity index is 2710. The van der Waals surface area contributed by atoms with E-state index in [-0.39, 0.29) is 25.7 Å². The van der Waals surface area contributed by atoms with Crippen LogP contribution >= 0.6 is 15.6 Å². The summed E-state index contributed by atoms with van der Waals surface area (Å²) < 4.78 is 68.5. The van der Waals surface area contributed by atoms with Crippen LogP contribution in [0.15, 0.2) is 170 Å². The molecular weight excluding hydrogens is 1400 g/mol. The standard InChI is InChI=1S/C89H146O17P2/c1-5-9-13-17-21-25-29-33-37-39-41-43-47-50-54-58-62-66-70-74-87(92)100-80-85(106-89(94)76-72-68-64-60-56-52-48-44-42-40-38-34-30-26-22-18-14-10-6-2)82-104-108(97,98)102-78-83(90)77-101-107(95,96)103-81-84(105-88(93)75-71-67-63-59-55-51-46-36-32-28-24-20-16-12-8-4)79-99-86(91)73-69-65-61-57-53-49-45-35-31-27-23-19-15-11-7-3/h9-10,13-14,21-22,25-28,31-34,37-38,41-44,50,52,54,56,62,64,66,68,83-85,90H,5-8,11-12,15-20,23-24,29-30,35-36,39-40,45-49,51,53,55,57-61,63,65,67,69-82H2,1-4H3,(H,95,96)(H,97,98)/b13-9-,14-10-,25-21-,26-22-,31-27-,32-28-,37-33-,38-34-,43-41-,44-42-,54-50-,56-52-,66-62-,68-64-/t83-,84+,85+/m0/s1. The molecule has 0 heterocycles. The maximum absolute atomic E-state index is 13.1. The molecule has 614 valence electrons. The minimum absolute atomic E-state index is 0.0141. The molecule has 0 aliphatic rings. The molecule has 0 bridgehead atoms. The Morgan fingerprint density at radius 1 is 0.269 bits per heavy atom. The molecule has 17 nitrogen and oxygen atoms in total. The molecule has 3 N–H and O–H groups in total.